The van der Waals surface area contributed by atoms with Crippen LogP contribution in [0.25, 0.3) is 0 Å². The largest absolute Gasteiger partial charge is 0.495 e. The second-order valence-corrected chi connectivity index (χ2v) is 8.43. The van der Waals surface area contributed by atoms with E-state index in [0.29, 0.717) is 44.3 Å². The van der Waals surface area contributed by atoms with Crippen molar-refractivity contribution in [2.45, 2.75) is 51.5 Å². The van der Waals surface area contributed by atoms with E-state index in [0.717, 1.165) is 12.8 Å². The van der Waals surface area contributed by atoms with E-state index >= 15 is 0 Å². The number of non-ortho nitro benzene ring substituents is 1. The van der Waals surface area contributed by atoms with Gasteiger partial charge in [-0.2, -0.15) is 0 Å². The molecule has 1 heterocycles. The Kier molecular flexibility index (Phi) is 7.84. The zero-order chi connectivity index (χ0) is 22.4. The third-order valence-electron chi connectivity index (χ3n) is 6.43. The second-order valence-electron chi connectivity index (χ2n) is 8.43. The molecule has 9 heteroatoms. The van der Waals surface area contributed by atoms with Gasteiger partial charge in [-0.3, -0.25) is 24.6 Å². The molecule has 1 atom stereocenters. The molecule has 0 spiro atoms. The number of amides is 2. The van der Waals surface area contributed by atoms with Gasteiger partial charge in [-0.1, -0.05) is 19.3 Å². The van der Waals surface area contributed by atoms with Crippen molar-refractivity contribution in [2.75, 3.05) is 38.6 Å². The molecule has 3 rings (SSSR count). The molecule has 9 nitrogen and oxygen atoms in total. The zero-order valence-corrected chi connectivity index (χ0v) is 18.3. The van der Waals surface area contributed by atoms with Crippen molar-refractivity contribution in [1.82, 2.24) is 9.80 Å². The number of hydrogen-bond acceptors (Lipinski definition) is 6. The molecule has 2 fully saturated rings. The number of anilines is 1. The molecule has 2 amide bonds. The Morgan fingerprint density at radius 3 is 2.48 bits per heavy atom. The molecule has 0 aromatic heterocycles. The molecular formula is C22H32N4O5. The SMILES string of the molecule is COc1ccc([N+](=O)[O-])cc1NC(=O)C(C)N1CCN(C(=O)CC2CCCCC2)CC1. The molecule has 0 bridgehead atoms. The summed E-state index contributed by atoms with van der Waals surface area (Å²) in [5, 5.41) is 13.8. The summed E-state index contributed by atoms with van der Waals surface area (Å²) in [4.78, 5) is 39.9. The number of nitrogens with one attached hydrogen (secondary N) is 1. The number of piperazine rings is 1. The summed E-state index contributed by atoms with van der Waals surface area (Å²) in [7, 11) is 1.45. The normalized spacial score (nSPS) is 19.0. The van der Waals surface area contributed by atoms with E-state index < -0.39 is 11.0 Å². The molecule has 1 N–H and O–H groups in total. The van der Waals surface area contributed by atoms with E-state index in [4.69, 9.17) is 4.74 Å². The first-order valence-corrected chi connectivity index (χ1v) is 11.0. The van der Waals surface area contributed by atoms with Gasteiger partial charge in [-0.25, -0.2) is 0 Å². The van der Waals surface area contributed by atoms with E-state index in [1.165, 1.54) is 44.6 Å². The van der Waals surface area contributed by atoms with Crippen LogP contribution in [0, 0.1) is 16.0 Å². The van der Waals surface area contributed by atoms with Crippen LogP contribution in [0.1, 0.15) is 45.4 Å². The topological polar surface area (TPSA) is 105 Å². The van der Waals surface area contributed by atoms with Gasteiger partial charge in [-0.05, 0) is 31.7 Å². The van der Waals surface area contributed by atoms with Crippen molar-refractivity contribution in [3.05, 3.63) is 28.3 Å². The predicted octanol–water partition coefficient (Wildman–Crippen LogP) is 3.05. The number of benzene rings is 1. The zero-order valence-electron chi connectivity index (χ0n) is 18.3. The predicted molar refractivity (Wildman–Crippen MR) is 117 cm³/mol. The maximum absolute atomic E-state index is 12.8. The number of carbonyl (C=O) groups excluding carboxylic acids is 2. The molecule has 1 saturated carbocycles. The van der Waals surface area contributed by atoms with Crippen LogP contribution in [0.15, 0.2) is 18.2 Å². The molecule has 1 aliphatic heterocycles. The summed E-state index contributed by atoms with van der Waals surface area (Å²) in [6.45, 7) is 4.28. The van der Waals surface area contributed by atoms with Gasteiger partial charge in [0.25, 0.3) is 5.69 Å². The average molecular weight is 433 g/mol. The summed E-state index contributed by atoms with van der Waals surface area (Å²) in [6.07, 6.45) is 6.70. The molecular weight excluding hydrogens is 400 g/mol. The molecule has 2 aliphatic rings. The van der Waals surface area contributed by atoms with Crippen LogP contribution in [0.2, 0.25) is 0 Å². The number of rotatable bonds is 7. The smallest absolute Gasteiger partial charge is 0.271 e. The van der Waals surface area contributed by atoms with Gasteiger partial charge in [0.05, 0.1) is 23.8 Å². The Morgan fingerprint density at radius 1 is 1.19 bits per heavy atom. The van der Waals surface area contributed by atoms with Crippen LogP contribution in [-0.4, -0.2) is 65.9 Å². The lowest BCUT2D eigenvalue weighted by atomic mass is 9.86. The second kappa shape index (κ2) is 10.6. The van der Waals surface area contributed by atoms with Crippen LogP contribution in [0.3, 0.4) is 0 Å². The van der Waals surface area contributed by atoms with Crippen molar-refractivity contribution in [3.8, 4) is 5.75 Å². The Hall–Kier alpha value is -2.68. The van der Waals surface area contributed by atoms with Gasteiger partial charge < -0.3 is 15.0 Å². The monoisotopic (exact) mass is 432 g/mol. The van der Waals surface area contributed by atoms with Crippen molar-refractivity contribution in [1.29, 1.82) is 0 Å². The molecule has 1 aromatic carbocycles. The van der Waals surface area contributed by atoms with Gasteiger partial charge in [0.15, 0.2) is 0 Å². The van der Waals surface area contributed by atoms with Crippen molar-refractivity contribution in [3.63, 3.8) is 0 Å². The van der Waals surface area contributed by atoms with Crippen LogP contribution in [-0.2, 0) is 9.59 Å². The maximum atomic E-state index is 12.8. The fourth-order valence-corrected chi connectivity index (χ4v) is 4.44. The highest BCUT2D eigenvalue weighted by atomic mass is 16.6. The van der Waals surface area contributed by atoms with Crippen molar-refractivity contribution in [2.24, 2.45) is 5.92 Å². The van der Waals surface area contributed by atoms with Crippen molar-refractivity contribution >= 4 is 23.2 Å². The highest BCUT2D eigenvalue weighted by Gasteiger charge is 2.29. The highest BCUT2D eigenvalue weighted by molar-refractivity contribution is 5.96. The quantitative estimate of drug-likeness (QED) is 0.524. The average Bonchev–Trinajstić information content (AvgIpc) is 2.79. The molecule has 170 valence electrons. The Bertz CT molecular complexity index is 801. The summed E-state index contributed by atoms with van der Waals surface area (Å²) < 4.78 is 5.21. The minimum atomic E-state index is -0.512. The number of methoxy groups -OCH3 is 1. The lowest BCUT2D eigenvalue weighted by molar-refractivity contribution is -0.384. The van der Waals surface area contributed by atoms with Crippen LogP contribution < -0.4 is 10.1 Å². The molecule has 1 unspecified atom stereocenters. The number of nitrogens with zero attached hydrogens (tertiary/aromatic N) is 3. The van der Waals surface area contributed by atoms with Crippen LogP contribution in [0.4, 0.5) is 11.4 Å². The Balaban J connectivity index is 1.52. The first-order valence-electron chi connectivity index (χ1n) is 11.0. The first-order chi connectivity index (χ1) is 14.9. The van der Waals surface area contributed by atoms with Crippen LogP contribution >= 0.6 is 0 Å². The Labute approximate surface area is 182 Å². The molecule has 1 aliphatic carbocycles. The van der Waals surface area contributed by atoms with E-state index in [9.17, 15) is 19.7 Å². The van der Waals surface area contributed by atoms with E-state index in [1.54, 1.807) is 6.92 Å². The van der Waals surface area contributed by atoms with E-state index in [2.05, 4.69) is 5.32 Å². The maximum Gasteiger partial charge on any atom is 0.271 e. The summed E-state index contributed by atoms with van der Waals surface area (Å²) in [6, 6.07) is 3.67. The first kappa shape index (κ1) is 23.0. The van der Waals surface area contributed by atoms with Gasteiger partial charge in [0.1, 0.15) is 5.75 Å². The minimum absolute atomic E-state index is 0.117. The lowest BCUT2D eigenvalue weighted by Gasteiger charge is -2.38. The fourth-order valence-electron chi connectivity index (χ4n) is 4.44. The molecule has 0 radical (unpaired) electrons. The number of nitro benzene ring substituents is 1. The summed E-state index contributed by atoms with van der Waals surface area (Å²) in [5.41, 5.74) is 0.156. The van der Waals surface area contributed by atoms with E-state index in [-0.39, 0.29) is 23.2 Å². The standard InChI is InChI=1S/C22H32N4O5/c1-16(22(28)23-19-15-18(26(29)30)8-9-20(19)31-2)24-10-12-25(13-11-24)21(27)14-17-6-4-3-5-7-17/h8-9,15-17H,3-7,10-14H2,1-2H3,(H,23,28). The van der Waals surface area contributed by atoms with E-state index in [1.807, 2.05) is 9.80 Å². The number of ether oxygens (including phenoxy) is 1. The third-order valence-corrected chi connectivity index (χ3v) is 6.43. The molecule has 31 heavy (non-hydrogen) atoms. The van der Waals surface area contributed by atoms with Crippen molar-refractivity contribution < 1.29 is 19.2 Å². The van der Waals surface area contributed by atoms with Gasteiger partial charge in [-0.15, -0.1) is 0 Å². The number of hydrogen-bond donors (Lipinski definition) is 1. The number of nitro groups is 1. The summed E-state index contributed by atoms with van der Waals surface area (Å²) >= 11 is 0. The fraction of sp³-hybridized carbons (Fsp3) is 0.636. The molecule has 1 saturated heterocycles. The Morgan fingerprint density at radius 2 is 1.87 bits per heavy atom. The highest BCUT2D eigenvalue weighted by Crippen LogP contribution is 2.29. The van der Waals surface area contributed by atoms with Gasteiger partial charge in [0, 0.05) is 44.7 Å². The third kappa shape index (κ3) is 5.94. The number of carbonyl (C=O) groups is 2. The molecule has 1 aromatic rings. The minimum Gasteiger partial charge on any atom is -0.495 e. The van der Waals surface area contributed by atoms with Gasteiger partial charge in [0.2, 0.25) is 11.8 Å². The van der Waals surface area contributed by atoms with Crippen LogP contribution in [0.5, 0.6) is 5.75 Å². The van der Waals surface area contributed by atoms with Gasteiger partial charge >= 0.3 is 0 Å². The summed E-state index contributed by atoms with van der Waals surface area (Å²) in [5.74, 6) is 0.851. The lowest BCUT2D eigenvalue weighted by Crippen LogP contribution is -2.54.